The zero-order valence-corrected chi connectivity index (χ0v) is 8.65. The number of halogens is 1. The van der Waals surface area contributed by atoms with Gasteiger partial charge in [0.2, 0.25) is 7.58 Å². The van der Waals surface area contributed by atoms with Crippen molar-refractivity contribution in [3.63, 3.8) is 0 Å². The van der Waals surface area contributed by atoms with Gasteiger partial charge in [-0.25, -0.2) is 19.6 Å². The third kappa shape index (κ3) is 1.51. The molecule has 2 heterocycles. The van der Waals surface area contributed by atoms with Crippen molar-refractivity contribution in [3.05, 3.63) is 0 Å². The van der Waals surface area contributed by atoms with E-state index in [0.29, 0.717) is 13.1 Å². The number of carbonyl (C=O) groups is 2. The average molecular weight is 233 g/mol. The van der Waals surface area contributed by atoms with Gasteiger partial charge in [0.1, 0.15) is 0 Å². The normalized spacial score (nSPS) is 20.7. The van der Waals surface area contributed by atoms with Crippen LogP contribution in [0.25, 0.3) is 0 Å². The highest BCUT2D eigenvalue weighted by molar-refractivity contribution is 7.81. The Kier molecular flexibility index (Phi) is 2.48. The number of aliphatic imine (C=N–C) groups is 2. The lowest BCUT2D eigenvalue weighted by Crippen LogP contribution is -2.28. The molecular weight excluding hydrogens is 227 g/mol. The van der Waals surface area contributed by atoms with Crippen molar-refractivity contribution in [1.29, 1.82) is 0 Å². The molecule has 0 saturated carbocycles. The van der Waals surface area contributed by atoms with E-state index in [1.165, 1.54) is 21.8 Å². The summed E-state index contributed by atoms with van der Waals surface area (Å²) in [4.78, 5) is 29.4. The predicted octanol–water partition coefficient (Wildman–Crippen LogP) is 1.46. The van der Waals surface area contributed by atoms with Crippen molar-refractivity contribution in [2.45, 2.75) is 0 Å². The minimum Gasteiger partial charge on any atom is -0.266 e. The van der Waals surface area contributed by atoms with Gasteiger partial charge in [0, 0.05) is 12.4 Å². The molecular formula is C6H6ClN4O2P. The van der Waals surface area contributed by atoms with Crippen LogP contribution in [0.3, 0.4) is 0 Å². The van der Waals surface area contributed by atoms with Gasteiger partial charge in [0.25, 0.3) is 0 Å². The van der Waals surface area contributed by atoms with Crippen LogP contribution in [0.5, 0.6) is 0 Å². The molecule has 0 radical (unpaired) electrons. The molecule has 0 spiro atoms. The van der Waals surface area contributed by atoms with Crippen LogP contribution in [-0.4, -0.2) is 46.9 Å². The van der Waals surface area contributed by atoms with Gasteiger partial charge >= 0.3 is 12.1 Å². The molecule has 0 N–H and O–H groups in total. The lowest BCUT2D eigenvalue weighted by Gasteiger charge is -2.26. The Morgan fingerprint density at radius 3 is 1.86 bits per heavy atom. The van der Waals surface area contributed by atoms with Gasteiger partial charge in [0.05, 0.1) is 13.1 Å². The molecule has 4 amide bonds. The number of nitrogens with zero attached hydrogens (tertiary/aromatic N) is 4. The summed E-state index contributed by atoms with van der Waals surface area (Å²) in [5, 5.41) is 0. The lowest BCUT2D eigenvalue weighted by molar-refractivity contribution is 0.234. The lowest BCUT2D eigenvalue weighted by atomic mass is 10.8. The van der Waals surface area contributed by atoms with Crippen LogP contribution in [0.4, 0.5) is 9.59 Å². The fraction of sp³-hybridized carbons (Fsp3) is 0.333. The molecule has 2 rings (SSSR count). The smallest absolute Gasteiger partial charge is 0.266 e. The molecule has 0 unspecified atom stereocenters. The van der Waals surface area contributed by atoms with Crippen LogP contribution in [0.2, 0.25) is 0 Å². The Morgan fingerprint density at radius 1 is 1.14 bits per heavy atom. The van der Waals surface area contributed by atoms with E-state index >= 15 is 0 Å². The van der Waals surface area contributed by atoms with E-state index in [1.54, 1.807) is 0 Å². The van der Waals surface area contributed by atoms with Crippen molar-refractivity contribution in [2.75, 3.05) is 13.1 Å². The quantitative estimate of drug-likeness (QED) is 0.677. The van der Waals surface area contributed by atoms with Crippen molar-refractivity contribution in [1.82, 2.24) is 9.34 Å². The minimum atomic E-state index is -1.47. The highest BCUT2D eigenvalue weighted by Crippen LogP contribution is 2.50. The van der Waals surface area contributed by atoms with Gasteiger partial charge < -0.3 is 0 Å². The van der Waals surface area contributed by atoms with Gasteiger partial charge in [-0.05, 0) is 11.2 Å². The Morgan fingerprint density at radius 2 is 1.57 bits per heavy atom. The first-order valence-corrected chi connectivity index (χ1v) is 5.99. The molecule has 14 heavy (non-hydrogen) atoms. The Balaban J connectivity index is 2.05. The number of amides is 4. The summed E-state index contributed by atoms with van der Waals surface area (Å²) >= 11 is 6.00. The number of rotatable bonds is 2. The van der Waals surface area contributed by atoms with Crippen molar-refractivity contribution < 1.29 is 9.59 Å². The van der Waals surface area contributed by atoms with E-state index in [1.807, 2.05) is 0 Å². The summed E-state index contributed by atoms with van der Waals surface area (Å²) in [6.07, 6.45) is 2.95. The summed E-state index contributed by atoms with van der Waals surface area (Å²) in [6, 6.07) is -0.795. The number of hydrogen-bond acceptors (Lipinski definition) is 2. The van der Waals surface area contributed by atoms with E-state index in [9.17, 15) is 9.59 Å². The van der Waals surface area contributed by atoms with Crippen molar-refractivity contribution in [2.24, 2.45) is 9.98 Å². The SMILES string of the molecule is O=C1N=CCN1P(Cl)N1CC=NC1=O. The van der Waals surface area contributed by atoms with Gasteiger partial charge in [-0.2, -0.15) is 0 Å². The van der Waals surface area contributed by atoms with Crippen LogP contribution in [0, 0.1) is 0 Å². The molecule has 0 aliphatic carbocycles. The standard InChI is InChI=1S/C6H6ClN4O2P/c7-14(10-3-1-8-5(10)12)11-4-2-9-6(11)13/h1-2H,3-4H2. The summed E-state index contributed by atoms with van der Waals surface area (Å²) in [5.41, 5.74) is 0. The third-order valence-corrected chi connectivity index (χ3v) is 4.31. The molecule has 0 atom stereocenters. The summed E-state index contributed by atoms with van der Waals surface area (Å²) in [7, 11) is -1.47. The van der Waals surface area contributed by atoms with Crippen LogP contribution in [-0.2, 0) is 0 Å². The number of urea groups is 2. The zero-order chi connectivity index (χ0) is 10.1. The van der Waals surface area contributed by atoms with Gasteiger partial charge in [-0.15, -0.1) is 0 Å². The number of hydrogen-bond donors (Lipinski definition) is 0. The summed E-state index contributed by atoms with van der Waals surface area (Å²) in [5.74, 6) is 0. The highest BCUT2D eigenvalue weighted by Gasteiger charge is 2.34. The van der Waals surface area contributed by atoms with Crippen LogP contribution >= 0.6 is 18.8 Å². The molecule has 2 aliphatic rings. The fourth-order valence-corrected chi connectivity index (χ4v) is 2.91. The van der Waals surface area contributed by atoms with Crippen LogP contribution in [0.15, 0.2) is 9.98 Å². The molecule has 0 saturated heterocycles. The third-order valence-electron chi connectivity index (χ3n) is 1.75. The molecule has 0 aromatic carbocycles. The van der Waals surface area contributed by atoms with Crippen LogP contribution < -0.4 is 0 Å². The minimum absolute atomic E-state index is 0.359. The Hall–Kier alpha value is -1.00. The molecule has 6 nitrogen and oxygen atoms in total. The largest absolute Gasteiger partial charge is 0.349 e. The van der Waals surface area contributed by atoms with E-state index in [-0.39, 0.29) is 0 Å². The predicted molar refractivity (Wildman–Crippen MR) is 54.0 cm³/mol. The van der Waals surface area contributed by atoms with E-state index in [4.69, 9.17) is 11.2 Å². The Bertz CT molecular complexity index is 313. The second-order valence-corrected chi connectivity index (χ2v) is 4.95. The summed E-state index contributed by atoms with van der Waals surface area (Å²) < 4.78 is 2.70. The maximum atomic E-state index is 11.2. The molecule has 0 fully saturated rings. The van der Waals surface area contributed by atoms with Gasteiger partial charge in [-0.1, -0.05) is 0 Å². The first kappa shape index (κ1) is 9.55. The first-order chi connectivity index (χ1) is 6.70. The second kappa shape index (κ2) is 3.63. The van der Waals surface area contributed by atoms with E-state index in [2.05, 4.69) is 9.98 Å². The first-order valence-electron chi connectivity index (χ1n) is 3.84. The van der Waals surface area contributed by atoms with Crippen molar-refractivity contribution >= 4 is 43.3 Å². The monoisotopic (exact) mass is 232 g/mol. The average Bonchev–Trinajstić information content (AvgIpc) is 2.73. The zero-order valence-electron chi connectivity index (χ0n) is 7.00. The Labute approximate surface area is 85.9 Å². The van der Waals surface area contributed by atoms with E-state index < -0.39 is 19.6 Å². The number of carbonyl (C=O) groups excluding carboxylic acids is 2. The topological polar surface area (TPSA) is 65.3 Å². The highest BCUT2D eigenvalue weighted by atomic mass is 35.7. The molecule has 74 valence electrons. The molecule has 2 aliphatic heterocycles. The fourth-order valence-electron chi connectivity index (χ4n) is 1.09. The molecule has 0 aromatic heterocycles. The van der Waals surface area contributed by atoms with Gasteiger partial charge in [-0.3, -0.25) is 9.34 Å². The van der Waals surface area contributed by atoms with Crippen molar-refractivity contribution in [3.8, 4) is 0 Å². The molecule has 8 heteroatoms. The second-order valence-electron chi connectivity index (χ2n) is 2.59. The maximum absolute atomic E-state index is 11.2. The maximum Gasteiger partial charge on any atom is 0.349 e. The van der Waals surface area contributed by atoms with E-state index in [0.717, 1.165) is 0 Å². The molecule has 0 aromatic rings. The van der Waals surface area contributed by atoms with Crippen LogP contribution in [0.1, 0.15) is 0 Å². The van der Waals surface area contributed by atoms with Gasteiger partial charge in [0.15, 0.2) is 0 Å². The summed E-state index contributed by atoms with van der Waals surface area (Å²) in [6.45, 7) is 0.718. The molecule has 0 bridgehead atoms.